The maximum absolute atomic E-state index is 11.8. The van der Waals surface area contributed by atoms with E-state index in [0.717, 1.165) is 19.3 Å². The highest BCUT2D eigenvalue weighted by Crippen LogP contribution is 2.41. The molecule has 3 nitrogen and oxygen atoms in total. The molecule has 4 heteroatoms. The van der Waals surface area contributed by atoms with Crippen molar-refractivity contribution in [3.63, 3.8) is 0 Å². The lowest BCUT2D eigenvalue weighted by Crippen LogP contribution is -2.37. The van der Waals surface area contributed by atoms with Crippen molar-refractivity contribution in [2.24, 2.45) is 17.1 Å². The summed E-state index contributed by atoms with van der Waals surface area (Å²) in [5.74, 6) is 1.34. The molecule has 0 heterocycles. The van der Waals surface area contributed by atoms with Gasteiger partial charge in [-0.2, -0.15) is 0 Å². The second kappa shape index (κ2) is 6.19. The lowest BCUT2D eigenvalue weighted by atomic mass is 9.68. The fourth-order valence-electron chi connectivity index (χ4n) is 3.07. The highest BCUT2D eigenvalue weighted by atomic mass is 32.2. The Hall–Kier alpha value is -0.0900. The molecule has 2 unspecified atom stereocenters. The van der Waals surface area contributed by atoms with Gasteiger partial charge in [0.05, 0.1) is 5.75 Å². The van der Waals surface area contributed by atoms with E-state index in [0.29, 0.717) is 30.4 Å². The summed E-state index contributed by atoms with van der Waals surface area (Å²) in [5.41, 5.74) is 6.00. The Morgan fingerprint density at radius 3 is 2.59 bits per heavy atom. The van der Waals surface area contributed by atoms with Gasteiger partial charge in [0.1, 0.15) is 9.84 Å². The summed E-state index contributed by atoms with van der Waals surface area (Å²) in [4.78, 5) is 0. The molecule has 0 aromatic rings. The summed E-state index contributed by atoms with van der Waals surface area (Å²) in [6, 6.07) is 0. The van der Waals surface area contributed by atoms with E-state index in [1.54, 1.807) is 0 Å². The molecule has 1 rings (SSSR count). The molecule has 17 heavy (non-hydrogen) atoms. The van der Waals surface area contributed by atoms with Crippen LogP contribution in [0.2, 0.25) is 0 Å². The van der Waals surface area contributed by atoms with Crippen LogP contribution in [-0.2, 0) is 9.84 Å². The minimum atomic E-state index is -2.85. The van der Waals surface area contributed by atoms with Gasteiger partial charge in [0.2, 0.25) is 0 Å². The highest BCUT2D eigenvalue weighted by Gasteiger charge is 2.34. The van der Waals surface area contributed by atoms with E-state index in [4.69, 9.17) is 5.73 Å². The van der Waals surface area contributed by atoms with Gasteiger partial charge in [0, 0.05) is 5.75 Å². The number of sulfone groups is 1. The minimum absolute atomic E-state index is 0.0957. The molecule has 1 aliphatic rings. The fourth-order valence-corrected chi connectivity index (χ4v) is 4.64. The highest BCUT2D eigenvalue weighted by molar-refractivity contribution is 7.91. The molecule has 0 amide bonds. The number of rotatable bonds is 6. The van der Waals surface area contributed by atoms with E-state index in [1.165, 1.54) is 12.8 Å². The predicted molar refractivity (Wildman–Crippen MR) is 72.7 cm³/mol. The van der Waals surface area contributed by atoms with Crippen LogP contribution in [0.4, 0.5) is 0 Å². The molecule has 0 aromatic heterocycles. The van der Waals surface area contributed by atoms with Crippen LogP contribution in [0.25, 0.3) is 0 Å². The van der Waals surface area contributed by atoms with Gasteiger partial charge < -0.3 is 5.73 Å². The summed E-state index contributed by atoms with van der Waals surface area (Å²) < 4.78 is 23.5. The fraction of sp³-hybridized carbons (Fsp3) is 1.00. The third-order valence-corrected chi connectivity index (χ3v) is 5.93. The molecular weight excluding hydrogens is 234 g/mol. The van der Waals surface area contributed by atoms with E-state index in [2.05, 4.69) is 6.92 Å². The smallest absolute Gasteiger partial charge is 0.150 e. The summed E-state index contributed by atoms with van der Waals surface area (Å²) in [5, 5.41) is 0. The Morgan fingerprint density at radius 2 is 2.06 bits per heavy atom. The standard InChI is InChI=1S/C13H27NO2S/c1-3-8-17(15,16)9-7-13(11-14)6-4-5-12(2)10-13/h12H,3-11,14H2,1-2H3. The first-order chi connectivity index (χ1) is 7.93. The van der Waals surface area contributed by atoms with Gasteiger partial charge in [0.15, 0.2) is 0 Å². The first-order valence-electron chi connectivity index (χ1n) is 6.83. The molecule has 1 fully saturated rings. The van der Waals surface area contributed by atoms with Crippen molar-refractivity contribution in [2.75, 3.05) is 18.1 Å². The summed E-state index contributed by atoms with van der Waals surface area (Å²) in [6.07, 6.45) is 6.15. The SMILES string of the molecule is CCCS(=O)(=O)CCC1(CN)CCCC(C)C1. The Labute approximate surface area is 106 Å². The zero-order valence-corrected chi connectivity index (χ0v) is 12.1. The second-order valence-corrected chi connectivity index (χ2v) is 8.11. The van der Waals surface area contributed by atoms with Crippen LogP contribution < -0.4 is 5.73 Å². The summed E-state index contributed by atoms with van der Waals surface area (Å²) >= 11 is 0. The van der Waals surface area contributed by atoms with Crippen LogP contribution in [0, 0.1) is 11.3 Å². The van der Waals surface area contributed by atoms with Crippen LogP contribution in [0.1, 0.15) is 52.4 Å². The first-order valence-corrected chi connectivity index (χ1v) is 8.66. The molecule has 0 bridgehead atoms. The van der Waals surface area contributed by atoms with Crippen molar-refractivity contribution >= 4 is 9.84 Å². The number of hydrogen-bond acceptors (Lipinski definition) is 3. The first kappa shape index (κ1) is 15.0. The molecule has 2 N–H and O–H groups in total. The Balaban J connectivity index is 2.57. The van der Waals surface area contributed by atoms with Gasteiger partial charge in [-0.3, -0.25) is 0 Å². The lowest BCUT2D eigenvalue weighted by molar-refractivity contribution is 0.149. The van der Waals surface area contributed by atoms with Gasteiger partial charge >= 0.3 is 0 Å². The zero-order valence-electron chi connectivity index (χ0n) is 11.2. The van der Waals surface area contributed by atoms with E-state index >= 15 is 0 Å². The van der Waals surface area contributed by atoms with Crippen molar-refractivity contribution < 1.29 is 8.42 Å². The Bertz CT molecular complexity index is 326. The topological polar surface area (TPSA) is 60.2 Å². The quantitative estimate of drug-likeness (QED) is 0.798. The monoisotopic (exact) mass is 261 g/mol. The summed E-state index contributed by atoms with van der Waals surface area (Å²) in [6.45, 7) is 4.81. The van der Waals surface area contributed by atoms with E-state index in [1.807, 2.05) is 6.92 Å². The zero-order chi connectivity index (χ0) is 12.9. The molecule has 0 aliphatic heterocycles. The minimum Gasteiger partial charge on any atom is -0.330 e. The van der Waals surface area contributed by atoms with Gasteiger partial charge in [0.25, 0.3) is 0 Å². The van der Waals surface area contributed by atoms with Crippen LogP contribution in [-0.4, -0.2) is 26.5 Å². The summed E-state index contributed by atoms with van der Waals surface area (Å²) in [7, 11) is -2.85. The molecule has 1 saturated carbocycles. The van der Waals surface area contributed by atoms with Gasteiger partial charge in [-0.1, -0.05) is 26.7 Å². The third kappa shape index (κ3) is 4.59. The third-order valence-electron chi connectivity index (χ3n) is 4.08. The molecule has 1 aliphatic carbocycles. The molecule has 0 aromatic carbocycles. The van der Waals surface area contributed by atoms with Crippen molar-refractivity contribution in [1.82, 2.24) is 0 Å². The van der Waals surface area contributed by atoms with Crippen LogP contribution in [0.15, 0.2) is 0 Å². The van der Waals surface area contributed by atoms with Crippen molar-refractivity contribution in [3.05, 3.63) is 0 Å². The molecule has 0 radical (unpaired) electrons. The van der Waals surface area contributed by atoms with Gasteiger partial charge in [-0.15, -0.1) is 0 Å². The largest absolute Gasteiger partial charge is 0.330 e. The van der Waals surface area contributed by atoms with Crippen LogP contribution in [0.3, 0.4) is 0 Å². The van der Waals surface area contributed by atoms with E-state index in [9.17, 15) is 8.42 Å². The van der Waals surface area contributed by atoms with Crippen molar-refractivity contribution in [2.45, 2.75) is 52.4 Å². The van der Waals surface area contributed by atoms with Gasteiger partial charge in [-0.25, -0.2) is 8.42 Å². The van der Waals surface area contributed by atoms with Crippen LogP contribution in [0.5, 0.6) is 0 Å². The van der Waals surface area contributed by atoms with E-state index in [-0.39, 0.29) is 5.41 Å². The average Bonchev–Trinajstić information content (AvgIpc) is 2.27. The normalized spacial score (nSPS) is 30.4. The molecular formula is C13H27NO2S. The average molecular weight is 261 g/mol. The maximum atomic E-state index is 11.8. The molecule has 2 atom stereocenters. The van der Waals surface area contributed by atoms with Crippen LogP contribution >= 0.6 is 0 Å². The molecule has 0 spiro atoms. The predicted octanol–water partition coefficient (Wildman–Crippen LogP) is 2.36. The second-order valence-electron chi connectivity index (χ2n) is 5.81. The van der Waals surface area contributed by atoms with E-state index < -0.39 is 9.84 Å². The lowest BCUT2D eigenvalue weighted by Gasteiger charge is -2.39. The number of nitrogens with two attached hydrogens (primary N) is 1. The molecule has 0 saturated heterocycles. The van der Waals surface area contributed by atoms with Gasteiger partial charge in [-0.05, 0) is 43.6 Å². The molecule has 102 valence electrons. The van der Waals surface area contributed by atoms with Crippen molar-refractivity contribution in [3.8, 4) is 0 Å². The Morgan fingerprint density at radius 1 is 1.35 bits per heavy atom. The van der Waals surface area contributed by atoms with Crippen molar-refractivity contribution in [1.29, 1.82) is 0 Å². The number of hydrogen-bond donors (Lipinski definition) is 1. The maximum Gasteiger partial charge on any atom is 0.150 e. The Kier molecular flexibility index (Phi) is 5.45.